The lowest BCUT2D eigenvalue weighted by Gasteiger charge is -2.36. The van der Waals surface area contributed by atoms with Crippen molar-refractivity contribution in [2.45, 2.75) is 57.5 Å². The highest BCUT2D eigenvalue weighted by Gasteiger charge is 2.32. The minimum absolute atomic E-state index is 0.623. The maximum absolute atomic E-state index is 11.4. The summed E-state index contributed by atoms with van der Waals surface area (Å²) in [5, 5.41) is 7.35. The van der Waals surface area contributed by atoms with Gasteiger partial charge in [-0.1, -0.05) is 19.8 Å². The zero-order valence-corrected chi connectivity index (χ0v) is 12.4. The van der Waals surface area contributed by atoms with E-state index >= 15 is 0 Å². The molecule has 3 nitrogen and oxygen atoms in total. The minimum Gasteiger partial charge on any atom is -0.314 e. The fourth-order valence-electron chi connectivity index (χ4n) is 3.47. The van der Waals surface area contributed by atoms with Gasteiger partial charge in [-0.25, -0.2) is 0 Å². The normalized spacial score (nSPS) is 34.6. The molecule has 1 saturated carbocycles. The Morgan fingerprint density at radius 2 is 2.06 bits per heavy atom. The summed E-state index contributed by atoms with van der Waals surface area (Å²) in [6.07, 6.45) is 8.12. The standard InChI is InChI=1S/C14H28N2OS/c1-2-18(17)11-10-16-13-7-4-3-6-12(13)14-8-5-9-15-14/h12-16H,2-11H2,1H3. The van der Waals surface area contributed by atoms with Crippen molar-refractivity contribution in [3.05, 3.63) is 0 Å². The molecule has 1 saturated heterocycles. The lowest BCUT2D eigenvalue weighted by atomic mass is 9.79. The molecule has 1 heterocycles. The molecule has 0 aromatic rings. The second kappa shape index (κ2) is 7.61. The Morgan fingerprint density at radius 3 is 2.78 bits per heavy atom. The van der Waals surface area contributed by atoms with Crippen molar-refractivity contribution in [3.63, 3.8) is 0 Å². The maximum Gasteiger partial charge on any atom is 0.0360 e. The predicted octanol–water partition coefficient (Wildman–Crippen LogP) is 1.66. The molecular formula is C14H28N2OS. The van der Waals surface area contributed by atoms with Gasteiger partial charge in [0, 0.05) is 40.9 Å². The summed E-state index contributed by atoms with van der Waals surface area (Å²) in [4.78, 5) is 0. The van der Waals surface area contributed by atoms with Gasteiger partial charge >= 0.3 is 0 Å². The van der Waals surface area contributed by atoms with Crippen LogP contribution in [0.5, 0.6) is 0 Å². The molecule has 106 valence electrons. The summed E-state index contributed by atoms with van der Waals surface area (Å²) in [6, 6.07) is 1.39. The zero-order chi connectivity index (χ0) is 12.8. The van der Waals surface area contributed by atoms with Gasteiger partial charge in [0.25, 0.3) is 0 Å². The highest BCUT2D eigenvalue weighted by molar-refractivity contribution is 7.84. The average Bonchev–Trinajstić information content (AvgIpc) is 2.93. The second-order valence-corrected chi connectivity index (χ2v) is 7.51. The summed E-state index contributed by atoms with van der Waals surface area (Å²) >= 11 is 0. The molecule has 1 aliphatic carbocycles. The van der Waals surface area contributed by atoms with Crippen LogP contribution in [0.1, 0.15) is 45.4 Å². The van der Waals surface area contributed by atoms with E-state index in [-0.39, 0.29) is 0 Å². The van der Waals surface area contributed by atoms with Crippen LogP contribution < -0.4 is 10.6 Å². The Morgan fingerprint density at radius 1 is 1.22 bits per heavy atom. The van der Waals surface area contributed by atoms with Crippen LogP contribution in [0.15, 0.2) is 0 Å². The molecule has 2 fully saturated rings. The molecule has 0 spiro atoms. The first-order chi connectivity index (χ1) is 8.81. The molecular weight excluding hydrogens is 244 g/mol. The first kappa shape index (κ1) is 14.5. The Balaban J connectivity index is 1.78. The molecule has 0 aromatic carbocycles. The third kappa shape index (κ3) is 4.04. The van der Waals surface area contributed by atoms with E-state index in [4.69, 9.17) is 0 Å². The highest BCUT2D eigenvalue weighted by Crippen LogP contribution is 2.30. The largest absolute Gasteiger partial charge is 0.314 e. The van der Waals surface area contributed by atoms with Crippen LogP contribution in [0, 0.1) is 5.92 Å². The van der Waals surface area contributed by atoms with Crippen molar-refractivity contribution in [2.24, 2.45) is 5.92 Å². The molecule has 2 N–H and O–H groups in total. The summed E-state index contributed by atoms with van der Waals surface area (Å²) in [5.41, 5.74) is 0. The van der Waals surface area contributed by atoms with Gasteiger partial charge in [-0.2, -0.15) is 0 Å². The van der Waals surface area contributed by atoms with Crippen LogP contribution in [-0.4, -0.2) is 40.9 Å². The van der Waals surface area contributed by atoms with E-state index in [1.165, 1.54) is 45.1 Å². The van der Waals surface area contributed by atoms with Gasteiger partial charge in [-0.05, 0) is 38.1 Å². The van der Waals surface area contributed by atoms with E-state index in [1.807, 2.05) is 6.92 Å². The van der Waals surface area contributed by atoms with Gasteiger partial charge in [-0.3, -0.25) is 4.21 Å². The first-order valence-corrected chi connectivity index (χ1v) is 9.12. The van der Waals surface area contributed by atoms with Gasteiger partial charge < -0.3 is 10.6 Å². The van der Waals surface area contributed by atoms with Gasteiger partial charge in [-0.15, -0.1) is 0 Å². The van der Waals surface area contributed by atoms with E-state index in [2.05, 4.69) is 10.6 Å². The van der Waals surface area contributed by atoms with Gasteiger partial charge in [0.1, 0.15) is 0 Å². The molecule has 18 heavy (non-hydrogen) atoms. The van der Waals surface area contributed by atoms with E-state index in [9.17, 15) is 4.21 Å². The molecule has 4 unspecified atom stereocenters. The Kier molecular flexibility index (Phi) is 6.12. The molecule has 2 aliphatic rings. The van der Waals surface area contributed by atoms with Crippen molar-refractivity contribution in [2.75, 3.05) is 24.6 Å². The quantitative estimate of drug-likeness (QED) is 0.772. The maximum atomic E-state index is 11.4. The molecule has 0 bridgehead atoms. The Bertz CT molecular complexity index is 267. The smallest absolute Gasteiger partial charge is 0.0360 e. The highest BCUT2D eigenvalue weighted by atomic mass is 32.2. The number of rotatable bonds is 6. The fourth-order valence-corrected chi connectivity index (χ4v) is 4.11. The van der Waals surface area contributed by atoms with E-state index in [1.54, 1.807) is 0 Å². The van der Waals surface area contributed by atoms with Crippen LogP contribution in [0.4, 0.5) is 0 Å². The van der Waals surface area contributed by atoms with Crippen LogP contribution in [0.25, 0.3) is 0 Å². The lowest BCUT2D eigenvalue weighted by molar-refractivity contribution is 0.217. The third-order valence-electron chi connectivity index (χ3n) is 4.49. The molecule has 2 rings (SSSR count). The summed E-state index contributed by atoms with van der Waals surface area (Å²) in [6.45, 7) is 4.13. The summed E-state index contributed by atoms with van der Waals surface area (Å²) < 4.78 is 11.4. The van der Waals surface area contributed by atoms with Crippen LogP contribution in [0.2, 0.25) is 0 Å². The molecule has 0 aromatic heterocycles. The molecule has 4 atom stereocenters. The summed E-state index contributed by atoms with van der Waals surface area (Å²) in [5.74, 6) is 2.41. The lowest BCUT2D eigenvalue weighted by Crippen LogP contribution is -2.47. The van der Waals surface area contributed by atoms with E-state index in [0.29, 0.717) is 6.04 Å². The monoisotopic (exact) mass is 272 g/mol. The van der Waals surface area contributed by atoms with Crippen molar-refractivity contribution in [3.8, 4) is 0 Å². The van der Waals surface area contributed by atoms with E-state index < -0.39 is 10.8 Å². The number of nitrogens with one attached hydrogen (secondary N) is 2. The Hall–Kier alpha value is 0.0700. The third-order valence-corrected chi connectivity index (χ3v) is 5.80. The van der Waals surface area contributed by atoms with Crippen LogP contribution in [-0.2, 0) is 10.8 Å². The minimum atomic E-state index is -0.623. The van der Waals surface area contributed by atoms with Crippen molar-refractivity contribution in [1.82, 2.24) is 10.6 Å². The van der Waals surface area contributed by atoms with Crippen molar-refractivity contribution < 1.29 is 4.21 Å². The molecule has 1 aliphatic heterocycles. The molecule has 4 heteroatoms. The van der Waals surface area contributed by atoms with Crippen molar-refractivity contribution >= 4 is 10.8 Å². The fraction of sp³-hybridized carbons (Fsp3) is 1.00. The Labute approximate surface area is 114 Å². The predicted molar refractivity (Wildman–Crippen MR) is 78.3 cm³/mol. The van der Waals surface area contributed by atoms with Crippen molar-refractivity contribution in [1.29, 1.82) is 0 Å². The SMILES string of the molecule is CCS(=O)CCNC1CCCCC1C1CCCN1. The molecule has 0 radical (unpaired) electrons. The van der Waals surface area contributed by atoms with Gasteiger partial charge in [0.05, 0.1) is 0 Å². The summed E-state index contributed by atoms with van der Waals surface area (Å²) in [7, 11) is -0.623. The van der Waals surface area contributed by atoms with Crippen LogP contribution in [0.3, 0.4) is 0 Å². The first-order valence-electron chi connectivity index (χ1n) is 7.63. The number of hydrogen-bond donors (Lipinski definition) is 2. The number of hydrogen-bond acceptors (Lipinski definition) is 3. The van der Waals surface area contributed by atoms with Gasteiger partial charge in [0.2, 0.25) is 0 Å². The van der Waals surface area contributed by atoms with Crippen LogP contribution >= 0.6 is 0 Å². The van der Waals surface area contributed by atoms with E-state index in [0.717, 1.165) is 30.0 Å². The van der Waals surface area contributed by atoms with Gasteiger partial charge in [0.15, 0.2) is 0 Å². The zero-order valence-electron chi connectivity index (χ0n) is 11.6. The topological polar surface area (TPSA) is 41.1 Å². The molecule has 0 amide bonds. The average molecular weight is 272 g/mol. The second-order valence-electron chi connectivity index (χ2n) is 5.64.